The molecule has 3 N–H and O–H groups in total. The third-order valence-electron chi connectivity index (χ3n) is 5.47. The molecule has 160 valence electrons. The van der Waals surface area contributed by atoms with Gasteiger partial charge in [0, 0.05) is 42.4 Å². The van der Waals surface area contributed by atoms with Gasteiger partial charge in [0.05, 0.1) is 16.3 Å². The average molecular weight is 432 g/mol. The lowest BCUT2D eigenvalue weighted by Gasteiger charge is -2.14. The quantitative estimate of drug-likeness (QED) is 0.464. The lowest BCUT2D eigenvalue weighted by molar-refractivity contribution is 0.638. The van der Waals surface area contributed by atoms with Crippen molar-refractivity contribution >= 4 is 28.3 Å². The van der Waals surface area contributed by atoms with Crippen molar-refractivity contribution in [2.75, 3.05) is 5.32 Å². The highest BCUT2D eigenvalue weighted by Crippen LogP contribution is 2.30. The van der Waals surface area contributed by atoms with Crippen molar-refractivity contribution in [3.05, 3.63) is 90.0 Å². The first-order valence-electron chi connectivity index (χ1n) is 10.5. The third kappa shape index (κ3) is 5.03. The highest BCUT2D eigenvalue weighted by molar-refractivity contribution is 7.84. The summed E-state index contributed by atoms with van der Waals surface area (Å²) in [5, 5.41) is 3.41. The molecule has 1 aliphatic rings. The van der Waals surface area contributed by atoms with Gasteiger partial charge >= 0.3 is 0 Å². The second-order valence-corrected chi connectivity index (χ2v) is 9.21. The van der Waals surface area contributed by atoms with Crippen LogP contribution in [0.25, 0.3) is 11.8 Å². The molecule has 0 saturated heterocycles. The first-order valence-corrected chi connectivity index (χ1v) is 11.8. The maximum absolute atomic E-state index is 8.73. The largest absolute Gasteiger partial charge is 0.354 e. The molecule has 0 aliphatic carbocycles. The second kappa shape index (κ2) is 9.45. The summed E-state index contributed by atoms with van der Waals surface area (Å²) < 4.78 is 14.3. The highest BCUT2D eigenvalue weighted by Gasteiger charge is 2.21. The topological polar surface area (TPSA) is 65.7 Å². The van der Waals surface area contributed by atoms with Crippen LogP contribution in [-0.2, 0) is 24.3 Å². The Morgan fingerprint density at radius 1 is 1.29 bits per heavy atom. The van der Waals surface area contributed by atoms with Gasteiger partial charge in [0.1, 0.15) is 0 Å². The van der Waals surface area contributed by atoms with Crippen LogP contribution in [0.3, 0.4) is 0 Å². The molecular weight excluding hydrogens is 402 g/mol. The number of aryl methyl sites for hydroxylation is 3. The van der Waals surface area contributed by atoms with Crippen molar-refractivity contribution < 1.29 is 0 Å². The fourth-order valence-electron chi connectivity index (χ4n) is 3.97. The maximum Gasteiger partial charge on any atom is 0.0723 e. The summed E-state index contributed by atoms with van der Waals surface area (Å²) in [6.07, 6.45) is 11.4. The molecule has 31 heavy (non-hydrogen) atoms. The maximum atomic E-state index is 8.73. The minimum atomic E-state index is -0.779. The fraction of sp³-hybridized carbons (Fsp3) is 0.240. The summed E-state index contributed by atoms with van der Waals surface area (Å²) in [4.78, 5) is 5.26. The van der Waals surface area contributed by atoms with E-state index in [9.17, 15) is 0 Å². The van der Waals surface area contributed by atoms with Crippen molar-refractivity contribution in [1.82, 2.24) is 14.3 Å². The van der Waals surface area contributed by atoms with Gasteiger partial charge in [0.2, 0.25) is 0 Å². The van der Waals surface area contributed by atoms with Gasteiger partial charge in [-0.1, -0.05) is 49.1 Å². The predicted octanol–water partition coefficient (Wildman–Crippen LogP) is 5.47. The van der Waals surface area contributed by atoms with Crippen LogP contribution in [0.15, 0.2) is 72.4 Å². The summed E-state index contributed by atoms with van der Waals surface area (Å²) in [6, 6.07) is 14.7. The van der Waals surface area contributed by atoms with Crippen LogP contribution in [0, 0.1) is 11.7 Å². The highest BCUT2D eigenvalue weighted by atomic mass is 32.2. The molecule has 0 amide bonds. The molecule has 5 nitrogen and oxygen atoms in total. The first-order chi connectivity index (χ1) is 15.0. The Morgan fingerprint density at radius 2 is 2.10 bits per heavy atom. The smallest absolute Gasteiger partial charge is 0.0723 e. The number of nitrogens with one attached hydrogen (secondary N) is 3. The van der Waals surface area contributed by atoms with E-state index in [1.54, 1.807) is 6.20 Å². The van der Waals surface area contributed by atoms with Crippen LogP contribution < -0.4 is 10.0 Å². The van der Waals surface area contributed by atoms with E-state index in [0.29, 0.717) is 0 Å². The number of fused-ring (bicyclic) bond motifs is 1. The number of anilines is 1. The van der Waals surface area contributed by atoms with Crippen LogP contribution in [0.4, 0.5) is 5.69 Å². The Morgan fingerprint density at radius 3 is 2.87 bits per heavy atom. The number of hydrogen-bond acceptors (Lipinski definition) is 3. The van der Waals surface area contributed by atoms with Gasteiger partial charge in [0.25, 0.3) is 0 Å². The van der Waals surface area contributed by atoms with E-state index in [0.717, 1.165) is 52.5 Å². The molecule has 2 atom stereocenters. The molecule has 1 aliphatic heterocycles. The SMILES string of the molecule is C=C(Nc1ccnc(C)c1)c1c2c(cn1C)S(=N)NC(CCCc1ccccc1)C=C2. The standard InChI is InChI=1S/C25H29N5S/c1-18-16-22(14-15-27-18)28-19(2)25-23-13-12-21(29-31(26)24(23)17-30(25)3)11-7-10-20-8-5-4-6-9-20/h4-6,8-9,12-17,21H,2,7,10-11H2,1,3H3,(H2,26,29)(H,27,28). The number of benzene rings is 1. The normalized spacial score (nSPS) is 17.7. The van der Waals surface area contributed by atoms with Gasteiger partial charge in [-0.25, -0.2) is 4.72 Å². The molecule has 3 heterocycles. The number of rotatable bonds is 7. The van der Waals surface area contributed by atoms with Crippen LogP contribution in [0.5, 0.6) is 0 Å². The monoisotopic (exact) mass is 431 g/mol. The molecular formula is C25H29N5S. The molecule has 0 bridgehead atoms. The lowest BCUT2D eigenvalue weighted by atomic mass is 10.0. The van der Waals surface area contributed by atoms with Crippen LogP contribution >= 0.6 is 0 Å². The molecule has 0 spiro atoms. The molecule has 0 radical (unpaired) electrons. The van der Waals surface area contributed by atoms with E-state index in [2.05, 4.69) is 74.8 Å². The predicted molar refractivity (Wildman–Crippen MR) is 131 cm³/mol. The van der Waals surface area contributed by atoms with Crippen LogP contribution in [0.1, 0.15) is 35.4 Å². The van der Waals surface area contributed by atoms with Gasteiger partial charge in [-0.2, -0.15) is 0 Å². The number of nitrogens with zero attached hydrogens (tertiary/aromatic N) is 2. The van der Waals surface area contributed by atoms with Crippen molar-refractivity contribution in [3.8, 4) is 0 Å². The van der Waals surface area contributed by atoms with Crippen LogP contribution in [0.2, 0.25) is 0 Å². The van der Waals surface area contributed by atoms with Crippen molar-refractivity contribution in [2.24, 2.45) is 7.05 Å². The molecule has 1 aromatic carbocycles. The van der Waals surface area contributed by atoms with Gasteiger partial charge < -0.3 is 9.88 Å². The molecule has 0 fully saturated rings. The summed E-state index contributed by atoms with van der Waals surface area (Å²) in [7, 11) is 1.23. The summed E-state index contributed by atoms with van der Waals surface area (Å²) >= 11 is 0. The summed E-state index contributed by atoms with van der Waals surface area (Å²) in [5.74, 6) is 0. The molecule has 2 unspecified atom stereocenters. The minimum absolute atomic E-state index is 0.194. The van der Waals surface area contributed by atoms with E-state index >= 15 is 0 Å². The van der Waals surface area contributed by atoms with Crippen molar-refractivity contribution in [3.63, 3.8) is 0 Å². The number of hydrogen-bond donors (Lipinski definition) is 3. The van der Waals surface area contributed by atoms with E-state index in [4.69, 9.17) is 4.78 Å². The van der Waals surface area contributed by atoms with Gasteiger partial charge in [-0.15, -0.1) is 0 Å². The van der Waals surface area contributed by atoms with E-state index in [-0.39, 0.29) is 6.04 Å². The zero-order chi connectivity index (χ0) is 21.8. The van der Waals surface area contributed by atoms with E-state index in [1.165, 1.54) is 5.56 Å². The zero-order valence-corrected chi connectivity index (χ0v) is 18.9. The number of pyridine rings is 1. The lowest BCUT2D eigenvalue weighted by Crippen LogP contribution is -2.27. The zero-order valence-electron chi connectivity index (χ0n) is 18.1. The molecule has 2 aromatic heterocycles. The van der Waals surface area contributed by atoms with Crippen molar-refractivity contribution in [2.45, 2.75) is 37.1 Å². The number of aromatic nitrogens is 2. The van der Waals surface area contributed by atoms with E-state index < -0.39 is 10.9 Å². The van der Waals surface area contributed by atoms with Gasteiger partial charge in [0.15, 0.2) is 0 Å². The van der Waals surface area contributed by atoms with Gasteiger partial charge in [-0.3, -0.25) is 9.76 Å². The molecule has 4 rings (SSSR count). The molecule has 6 heteroatoms. The first kappa shape index (κ1) is 21.3. The fourth-order valence-corrected chi connectivity index (χ4v) is 5.24. The second-order valence-electron chi connectivity index (χ2n) is 7.92. The molecule has 3 aromatic rings. The minimum Gasteiger partial charge on any atom is -0.354 e. The molecule has 0 saturated carbocycles. The Bertz CT molecular complexity index is 1130. The third-order valence-corrected chi connectivity index (χ3v) is 6.77. The summed E-state index contributed by atoms with van der Waals surface area (Å²) in [5.41, 5.74) is 6.19. The Labute approximate surface area is 187 Å². The Kier molecular flexibility index (Phi) is 6.49. The average Bonchev–Trinajstić information content (AvgIpc) is 3.01. The van der Waals surface area contributed by atoms with Crippen LogP contribution in [-0.4, -0.2) is 15.6 Å². The van der Waals surface area contributed by atoms with Crippen molar-refractivity contribution in [1.29, 1.82) is 4.78 Å². The Hall–Kier alpha value is -2.96. The van der Waals surface area contributed by atoms with E-state index in [1.807, 2.05) is 26.1 Å². The van der Waals surface area contributed by atoms with Gasteiger partial charge in [-0.05, 0) is 54.8 Å². The summed E-state index contributed by atoms with van der Waals surface area (Å²) in [6.45, 7) is 6.26. The Balaban J connectivity index is 1.49.